The van der Waals surface area contributed by atoms with E-state index in [9.17, 15) is 5.11 Å². The van der Waals surface area contributed by atoms with E-state index in [1.807, 2.05) is 19.9 Å². The highest BCUT2D eigenvalue weighted by Gasteiger charge is 2.26. The van der Waals surface area contributed by atoms with Gasteiger partial charge in [-0.2, -0.15) is 0 Å². The number of ether oxygens (including phenoxy) is 1. The van der Waals surface area contributed by atoms with Crippen LogP contribution in [0.5, 0.6) is 11.5 Å². The Morgan fingerprint density at radius 3 is 3.00 bits per heavy atom. The molecule has 3 N–H and O–H groups in total. The summed E-state index contributed by atoms with van der Waals surface area (Å²) < 4.78 is 5.64. The Morgan fingerprint density at radius 1 is 1.69 bits per heavy atom. The first-order valence-electron chi connectivity index (χ1n) is 5.45. The highest BCUT2D eigenvalue weighted by atomic mass is 35.5. The van der Waals surface area contributed by atoms with Crippen molar-refractivity contribution in [1.82, 2.24) is 0 Å². The van der Waals surface area contributed by atoms with E-state index in [0.29, 0.717) is 11.6 Å². The normalized spacial score (nSPS) is 20.4. The van der Waals surface area contributed by atoms with E-state index in [1.54, 1.807) is 0 Å². The molecule has 4 heteroatoms. The van der Waals surface area contributed by atoms with Crippen LogP contribution < -0.4 is 10.5 Å². The topological polar surface area (TPSA) is 55.5 Å². The van der Waals surface area contributed by atoms with Crippen molar-refractivity contribution in [1.29, 1.82) is 0 Å². The van der Waals surface area contributed by atoms with Gasteiger partial charge in [0.15, 0.2) is 0 Å². The van der Waals surface area contributed by atoms with Crippen LogP contribution in [0.4, 0.5) is 0 Å². The second-order valence-electron chi connectivity index (χ2n) is 4.37. The molecule has 16 heavy (non-hydrogen) atoms. The molecule has 2 rings (SSSR count). The van der Waals surface area contributed by atoms with Gasteiger partial charge >= 0.3 is 0 Å². The van der Waals surface area contributed by atoms with Gasteiger partial charge in [-0.25, -0.2) is 0 Å². The average molecular weight is 242 g/mol. The Labute approximate surface area is 100 Å². The number of fused-ring (bicyclic) bond motifs is 1. The minimum absolute atomic E-state index is 0.0716. The van der Waals surface area contributed by atoms with Gasteiger partial charge in [0.1, 0.15) is 17.6 Å². The molecule has 1 aromatic rings. The molecule has 1 aromatic carbocycles. The molecule has 2 atom stereocenters. The molecule has 0 amide bonds. The second-order valence-corrected chi connectivity index (χ2v) is 4.75. The Hall–Kier alpha value is -0.930. The largest absolute Gasteiger partial charge is 0.506 e. The molecule has 0 saturated heterocycles. The maximum Gasteiger partial charge on any atom is 0.138 e. The van der Waals surface area contributed by atoms with Crippen molar-refractivity contribution in [2.75, 3.05) is 6.54 Å². The van der Waals surface area contributed by atoms with Gasteiger partial charge in [-0.15, -0.1) is 0 Å². The van der Waals surface area contributed by atoms with Crippen LogP contribution in [0.15, 0.2) is 6.07 Å². The number of aromatic hydroxyl groups is 1. The van der Waals surface area contributed by atoms with Crippen LogP contribution >= 0.6 is 11.6 Å². The summed E-state index contributed by atoms with van der Waals surface area (Å²) in [6.07, 6.45) is 0.870. The van der Waals surface area contributed by atoms with Gasteiger partial charge in [0.05, 0.1) is 5.02 Å². The first-order chi connectivity index (χ1) is 7.54. The fourth-order valence-electron chi connectivity index (χ4n) is 2.02. The summed E-state index contributed by atoms with van der Waals surface area (Å²) in [7, 11) is 0. The van der Waals surface area contributed by atoms with E-state index in [1.165, 1.54) is 0 Å². The fraction of sp³-hybridized carbons (Fsp3) is 0.500. The zero-order valence-corrected chi connectivity index (χ0v) is 10.2. The lowest BCUT2D eigenvalue weighted by Gasteiger charge is -2.14. The number of rotatable bonds is 2. The van der Waals surface area contributed by atoms with Crippen LogP contribution in [0, 0.1) is 0 Å². The standard InChI is InChI=1S/C12H16ClNO2/c1-6(5-14)8-4-10-9(3-7(2)16-10)11(13)12(8)15/h4,6-7,15H,3,5,14H2,1-2H3. The molecular weight excluding hydrogens is 226 g/mol. The smallest absolute Gasteiger partial charge is 0.138 e. The second kappa shape index (κ2) is 4.15. The maximum atomic E-state index is 10.0. The molecule has 0 aliphatic carbocycles. The summed E-state index contributed by atoms with van der Waals surface area (Å²) in [5.41, 5.74) is 7.27. The van der Waals surface area contributed by atoms with E-state index >= 15 is 0 Å². The average Bonchev–Trinajstić information content (AvgIpc) is 2.63. The van der Waals surface area contributed by atoms with Gasteiger partial charge in [-0.3, -0.25) is 0 Å². The lowest BCUT2D eigenvalue weighted by atomic mass is 9.97. The molecule has 0 fully saturated rings. The van der Waals surface area contributed by atoms with Crippen LogP contribution in [0.25, 0.3) is 0 Å². The first-order valence-corrected chi connectivity index (χ1v) is 5.83. The van der Waals surface area contributed by atoms with Crippen LogP contribution in [-0.4, -0.2) is 17.8 Å². The van der Waals surface area contributed by atoms with Crippen molar-refractivity contribution < 1.29 is 9.84 Å². The summed E-state index contributed by atoms with van der Waals surface area (Å²) >= 11 is 6.14. The fourth-order valence-corrected chi connectivity index (χ4v) is 2.30. The van der Waals surface area contributed by atoms with E-state index in [0.717, 1.165) is 23.3 Å². The van der Waals surface area contributed by atoms with Crippen LogP contribution in [0.2, 0.25) is 5.02 Å². The summed E-state index contributed by atoms with van der Waals surface area (Å²) in [6.45, 7) is 4.41. The van der Waals surface area contributed by atoms with Crippen molar-refractivity contribution in [2.45, 2.75) is 32.3 Å². The molecule has 0 radical (unpaired) electrons. The number of phenols is 1. The molecule has 1 aliphatic rings. The van der Waals surface area contributed by atoms with Gasteiger partial charge < -0.3 is 15.6 Å². The van der Waals surface area contributed by atoms with E-state index in [2.05, 4.69) is 0 Å². The highest BCUT2D eigenvalue weighted by molar-refractivity contribution is 6.33. The van der Waals surface area contributed by atoms with Crippen molar-refractivity contribution in [2.24, 2.45) is 5.73 Å². The predicted octanol–water partition coefficient (Wildman–Crippen LogP) is 2.43. The molecule has 3 nitrogen and oxygen atoms in total. The molecule has 0 bridgehead atoms. The highest BCUT2D eigenvalue weighted by Crippen LogP contribution is 2.44. The van der Waals surface area contributed by atoms with E-state index in [4.69, 9.17) is 22.1 Å². The summed E-state index contributed by atoms with van der Waals surface area (Å²) in [5, 5.41) is 10.4. The van der Waals surface area contributed by atoms with Crippen molar-refractivity contribution in [3.8, 4) is 11.5 Å². The van der Waals surface area contributed by atoms with Crippen molar-refractivity contribution >= 4 is 11.6 Å². The number of benzene rings is 1. The summed E-state index contributed by atoms with van der Waals surface area (Å²) in [4.78, 5) is 0. The summed E-state index contributed by atoms with van der Waals surface area (Å²) in [5.74, 6) is 1.00. The van der Waals surface area contributed by atoms with Crippen LogP contribution in [0.3, 0.4) is 0 Å². The Kier molecular flexibility index (Phi) is 3.00. The molecular formula is C12H16ClNO2. The van der Waals surface area contributed by atoms with Gasteiger partial charge in [-0.05, 0) is 25.5 Å². The molecule has 2 unspecified atom stereocenters. The van der Waals surface area contributed by atoms with E-state index in [-0.39, 0.29) is 17.8 Å². The molecule has 1 heterocycles. The third-order valence-electron chi connectivity index (χ3n) is 3.03. The van der Waals surface area contributed by atoms with E-state index < -0.39 is 0 Å². The van der Waals surface area contributed by atoms with Gasteiger partial charge in [0.2, 0.25) is 0 Å². The SMILES string of the molecule is CC1Cc2c(cc(C(C)CN)c(O)c2Cl)O1. The van der Waals surface area contributed by atoms with Gasteiger partial charge in [-0.1, -0.05) is 18.5 Å². The van der Waals surface area contributed by atoms with Crippen LogP contribution in [0.1, 0.15) is 30.9 Å². The number of nitrogens with two attached hydrogens (primary N) is 1. The Balaban J connectivity index is 2.52. The Morgan fingerprint density at radius 2 is 2.38 bits per heavy atom. The molecule has 0 spiro atoms. The summed E-state index contributed by atoms with van der Waals surface area (Å²) in [6, 6.07) is 1.86. The number of hydrogen-bond donors (Lipinski definition) is 2. The minimum Gasteiger partial charge on any atom is -0.506 e. The minimum atomic E-state index is 0.0716. The van der Waals surface area contributed by atoms with Gasteiger partial charge in [0, 0.05) is 17.5 Å². The number of hydrogen-bond acceptors (Lipinski definition) is 3. The van der Waals surface area contributed by atoms with Crippen molar-refractivity contribution in [3.63, 3.8) is 0 Å². The monoisotopic (exact) mass is 241 g/mol. The molecule has 1 aliphatic heterocycles. The number of phenolic OH excluding ortho intramolecular Hbond substituents is 1. The zero-order valence-electron chi connectivity index (χ0n) is 9.46. The predicted molar refractivity (Wildman–Crippen MR) is 64.4 cm³/mol. The zero-order chi connectivity index (χ0) is 11.9. The third kappa shape index (κ3) is 1.74. The molecule has 0 saturated carbocycles. The molecule has 0 aromatic heterocycles. The maximum absolute atomic E-state index is 10.0. The van der Waals surface area contributed by atoms with Crippen LogP contribution in [-0.2, 0) is 6.42 Å². The third-order valence-corrected chi connectivity index (χ3v) is 3.44. The molecule has 88 valence electrons. The van der Waals surface area contributed by atoms with Gasteiger partial charge in [0.25, 0.3) is 0 Å². The number of halogens is 1. The lowest BCUT2D eigenvalue weighted by molar-refractivity contribution is 0.254. The van der Waals surface area contributed by atoms with Crippen molar-refractivity contribution in [3.05, 3.63) is 22.2 Å². The lowest BCUT2D eigenvalue weighted by Crippen LogP contribution is -2.09. The quantitative estimate of drug-likeness (QED) is 0.836. The Bertz CT molecular complexity index is 420. The first kappa shape index (κ1) is 11.6.